The molecule has 0 amide bonds. The van der Waals surface area contributed by atoms with Gasteiger partial charge in [-0.1, -0.05) is 50.2 Å². The van der Waals surface area contributed by atoms with Crippen LogP contribution in [0.1, 0.15) is 54.5 Å². The fraction of sp³-hybridized carbons (Fsp3) is 0.333. The van der Waals surface area contributed by atoms with Crippen LogP contribution in [-0.4, -0.2) is 0 Å². The molecule has 0 fully saturated rings. The Balaban J connectivity index is 2.24. The lowest BCUT2D eigenvalue weighted by Gasteiger charge is -2.15. The minimum Gasteiger partial charge on any atom is -0.320 e. The van der Waals surface area contributed by atoms with Crippen molar-refractivity contribution in [3.63, 3.8) is 0 Å². The smallest absolute Gasteiger partial charge is 0.126 e. The largest absolute Gasteiger partial charge is 0.320 e. The van der Waals surface area contributed by atoms with Crippen molar-refractivity contribution in [2.75, 3.05) is 0 Å². The van der Waals surface area contributed by atoms with E-state index < -0.39 is 0 Å². The molecular weight excluding hydrogens is 249 g/mol. The zero-order chi connectivity index (χ0) is 14.7. The minimum atomic E-state index is -0.281. The molecule has 0 saturated heterocycles. The molecule has 0 aromatic heterocycles. The van der Waals surface area contributed by atoms with Crippen molar-refractivity contribution in [2.45, 2.75) is 39.2 Å². The Kier molecular flexibility index (Phi) is 4.56. The number of benzene rings is 2. The second kappa shape index (κ2) is 6.19. The molecule has 1 nitrogen and oxygen atoms in total. The molecule has 106 valence electrons. The van der Waals surface area contributed by atoms with Crippen LogP contribution in [0.2, 0.25) is 0 Å². The lowest BCUT2D eigenvalue weighted by Crippen LogP contribution is -2.12. The standard InChI is InChI=1S/C18H22FN/c1-4-12(2)14-7-9-15(10-8-14)18(20)16-6-5-13(3)17(19)11-16/h5-12,18H,4,20H2,1-3H3. The topological polar surface area (TPSA) is 26.0 Å². The summed E-state index contributed by atoms with van der Waals surface area (Å²) in [7, 11) is 0. The number of hydrogen-bond acceptors (Lipinski definition) is 1. The summed E-state index contributed by atoms with van der Waals surface area (Å²) < 4.78 is 13.6. The highest BCUT2D eigenvalue weighted by Gasteiger charge is 2.11. The van der Waals surface area contributed by atoms with E-state index in [1.54, 1.807) is 13.0 Å². The van der Waals surface area contributed by atoms with Gasteiger partial charge in [0.25, 0.3) is 0 Å². The van der Waals surface area contributed by atoms with E-state index >= 15 is 0 Å². The molecule has 0 saturated carbocycles. The van der Waals surface area contributed by atoms with Crippen molar-refractivity contribution >= 4 is 0 Å². The lowest BCUT2D eigenvalue weighted by molar-refractivity contribution is 0.614. The van der Waals surface area contributed by atoms with E-state index in [2.05, 4.69) is 26.0 Å². The van der Waals surface area contributed by atoms with Gasteiger partial charge in [0.1, 0.15) is 5.82 Å². The summed E-state index contributed by atoms with van der Waals surface area (Å²) in [6.07, 6.45) is 1.12. The molecule has 0 heterocycles. The number of nitrogens with two attached hydrogens (primary N) is 1. The molecule has 0 aliphatic heterocycles. The summed E-state index contributed by atoms with van der Waals surface area (Å²) in [6.45, 7) is 6.15. The lowest BCUT2D eigenvalue weighted by atomic mass is 9.94. The van der Waals surface area contributed by atoms with Crippen molar-refractivity contribution in [3.05, 3.63) is 70.5 Å². The average Bonchev–Trinajstić information content (AvgIpc) is 2.48. The summed E-state index contributed by atoms with van der Waals surface area (Å²) in [5.74, 6) is 0.353. The Morgan fingerprint density at radius 3 is 2.10 bits per heavy atom. The first-order chi connectivity index (χ1) is 9.52. The third kappa shape index (κ3) is 3.07. The van der Waals surface area contributed by atoms with Crippen LogP contribution in [0, 0.1) is 12.7 Å². The highest BCUT2D eigenvalue weighted by atomic mass is 19.1. The van der Waals surface area contributed by atoms with Crippen LogP contribution < -0.4 is 5.73 Å². The molecule has 0 bridgehead atoms. The van der Waals surface area contributed by atoms with Crippen molar-refractivity contribution in [1.82, 2.24) is 0 Å². The molecule has 0 spiro atoms. The van der Waals surface area contributed by atoms with E-state index in [1.807, 2.05) is 18.2 Å². The van der Waals surface area contributed by atoms with E-state index in [-0.39, 0.29) is 11.9 Å². The third-order valence-corrected chi connectivity index (χ3v) is 4.03. The summed E-state index contributed by atoms with van der Waals surface area (Å²) in [6, 6.07) is 13.2. The number of hydrogen-bond donors (Lipinski definition) is 1. The Labute approximate surface area is 120 Å². The van der Waals surface area contributed by atoms with Gasteiger partial charge in [0, 0.05) is 0 Å². The molecule has 2 rings (SSSR count). The number of aryl methyl sites for hydroxylation is 1. The van der Waals surface area contributed by atoms with Gasteiger partial charge in [-0.15, -0.1) is 0 Å². The van der Waals surface area contributed by atoms with E-state index in [0.717, 1.165) is 17.5 Å². The van der Waals surface area contributed by atoms with Crippen molar-refractivity contribution in [2.24, 2.45) is 5.73 Å². The molecule has 2 unspecified atom stereocenters. The van der Waals surface area contributed by atoms with Crippen LogP contribution in [-0.2, 0) is 0 Å². The first-order valence-electron chi connectivity index (χ1n) is 7.14. The van der Waals surface area contributed by atoms with Gasteiger partial charge in [-0.2, -0.15) is 0 Å². The second-order valence-electron chi connectivity index (χ2n) is 5.46. The molecule has 2 atom stereocenters. The van der Waals surface area contributed by atoms with Crippen LogP contribution in [0.3, 0.4) is 0 Å². The summed E-state index contributed by atoms with van der Waals surface area (Å²) >= 11 is 0. The fourth-order valence-electron chi connectivity index (χ4n) is 2.26. The summed E-state index contributed by atoms with van der Waals surface area (Å²) in [4.78, 5) is 0. The first kappa shape index (κ1) is 14.7. The van der Waals surface area contributed by atoms with Gasteiger partial charge in [0.2, 0.25) is 0 Å². The number of rotatable bonds is 4. The van der Waals surface area contributed by atoms with E-state index in [1.165, 1.54) is 11.6 Å². The van der Waals surface area contributed by atoms with Gasteiger partial charge >= 0.3 is 0 Å². The predicted octanol–water partition coefficient (Wildman–Crippen LogP) is 4.70. The molecule has 0 aliphatic rings. The highest BCUT2D eigenvalue weighted by molar-refractivity contribution is 5.35. The molecule has 2 aromatic rings. The van der Waals surface area contributed by atoms with Gasteiger partial charge in [0.15, 0.2) is 0 Å². The molecule has 0 radical (unpaired) electrons. The van der Waals surface area contributed by atoms with Gasteiger partial charge in [-0.3, -0.25) is 0 Å². The Bertz CT molecular complexity index is 574. The molecule has 0 aliphatic carbocycles. The fourth-order valence-corrected chi connectivity index (χ4v) is 2.26. The number of halogens is 1. The minimum absolute atomic E-state index is 0.200. The molecular formula is C18H22FN. The maximum Gasteiger partial charge on any atom is 0.126 e. The van der Waals surface area contributed by atoms with Gasteiger partial charge in [-0.25, -0.2) is 4.39 Å². The first-order valence-corrected chi connectivity index (χ1v) is 7.14. The maximum atomic E-state index is 13.6. The quantitative estimate of drug-likeness (QED) is 0.857. The average molecular weight is 271 g/mol. The summed E-state index contributed by atoms with van der Waals surface area (Å²) in [5.41, 5.74) is 10.0. The van der Waals surface area contributed by atoms with Crippen LogP contribution in [0.5, 0.6) is 0 Å². The van der Waals surface area contributed by atoms with Crippen molar-refractivity contribution < 1.29 is 4.39 Å². The Hall–Kier alpha value is -1.67. The molecule has 20 heavy (non-hydrogen) atoms. The van der Waals surface area contributed by atoms with Crippen LogP contribution in [0.4, 0.5) is 4.39 Å². The zero-order valence-electron chi connectivity index (χ0n) is 12.4. The molecule has 2 heteroatoms. The Morgan fingerprint density at radius 1 is 1.00 bits per heavy atom. The van der Waals surface area contributed by atoms with E-state index in [4.69, 9.17) is 5.73 Å². The van der Waals surface area contributed by atoms with Crippen LogP contribution >= 0.6 is 0 Å². The monoisotopic (exact) mass is 271 g/mol. The second-order valence-corrected chi connectivity index (χ2v) is 5.46. The van der Waals surface area contributed by atoms with Crippen LogP contribution in [0.25, 0.3) is 0 Å². The van der Waals surface area contributed by atoms with Gasteiger partial charge in [-0.05, 0) is 47.6 Å². The van der Waals surface area contributed by atoms with Gasteiger partial charge in [0.05, 0.1) is 6.04 Å². The summed E-state index contributed by atoms with van der Waals surface area (Å²) in [5, 5.41) is 0. The maximum absolute atomic E-state index is 13.6. The van der Waals surface area contributed by atoms with Crippen molar-refractivity contribution in [1.29, 1.82) is 0 Å². The molecule has 2 aromatic carbocycles. The Morgan fingerprint density at radius 2 is 1.55 bits per heavy atom. The van der Waals surface area contributed by atoms with Crippen LogP contribution in [0.15, 0.2) is 42.5 Å². The van der Waals surface area contributed by atoms with Crippen molar-refractivity contribution in [3.8, 4) is 0 Å². The molecule has 2 N–H and O–H groups in total. The third-order valence-electron chi connectivity index (χ3n) is 4.03. The SMILES string of the molecule is CCC(C)c1ccc(C(N)c2ccc(C)c(F)c2)cc1. The normalized spacial score (nSPS) is 14.1. The van der Waals surface area contributed by atoms with E-state index in [9.17, 15) is 4.39 Å². The van der Waals surface area contributed by atoms with E-state index in [0.29, 0.717) is 11.5 Å². The highest BCUT2D eigenvalue weighted by Crippen LogP contribution is 2.24. The van der Waals surface area contributed by atoms with Gasteiger partial charge < -0.3 is 5.73 Å². The predicted molar refractivity (Wildman–Crippen MR) is 82.3 cm³/mol. The zero-order valence-corrected chi connectivity index (χ0v) is 12.4.